The van der Waals surface area contributed by atoms with Crippen LogP contribution in [0.3, 0.4) is 0 Å². The molecule has 3 rings (SSSR count). The first-order valence-electron chi connectivity index (χ1n) is 7.31. The van der Waals surface area contributed by atoms with Crippen molar-refractivity contribution in [1.29, 1.82) is 0 Å². The predicted molar refractivity (Wildman–Crippen MR) is 91.9 cm³/mol. The topological polar surface area (TPSA) is 86.5 Å². The summed E-state index contributed by atoms with van der Waals surface area (Å²) in [5.74, 6) is 0.926. The number of amides is 1. The van der Waals surface area contributed by atoms with Crippen LogP contribution in [-0.2, 0) is 4.79 Å². The smallest absolute Gasteiger partial charge is 0.263 e. The maximum absolute atomic E-state index is 12.1. The summed E-state index contributed by atoms with van der Waals surface area (Å²) >= 11 is 5.98. The summed E-state index contributed by atoms with van der Waals surface area (Å²) in [6, 6.07) is 14.0. The van der Waals surface area contributed by atoms with Crippen LogP contribution in [0.5, 0.6) is 11.5 Å². The molecule has 2 aromatic carbocycles. The van der Waals surface area contributed by atoms with Crippen LogP contribution in [0.15, 0.2) is 53.2 Å². The maximum Gasteiger partial charge on any atom is 0.263 e. The SMILES string of the molecule is COc1ccc(-c2nonc2NC(=O)COc2ccccc2Cl)cc1. The van der Waals surface area contributed by atoms with E-state index >= 15 is 0 Å². The van der Waals surface area contributed by atoms with Gasteiger partial charge < -0.3 is 14.8 Å². The number of para-hydroxylation sites is 1. The lowest BCUT2D eigenvalue weighted by molar-refractivity contribution is -0.118. The van der Waals surface area contributed by atoms with Crippen LogP contribution in [0.4, 0.5) is 5.82 Å². The van der Waals surface area contributed by atoms with Crippen molar-refractivity contribution in [2.75, 3.05) is 19.0 Å². The van der Waals surface area contributed by atoms with Crippen LogP contribution >= 0.6 is 11.6 Å². The predicted octanol–water partition coefficient (Wildman–Crippen LogP) is 3.42. The maximum atomic E-state index is 12.1. The number of halogens is 1. The molecule has 1 N–H and O–H groups in total. The van der Waals surface area contributed by atoms with E-state index in [9.17, 15) is 4.79 Å². The Morgan fingerprint density at radius 2 is 1.92 bits per heavy atom. The van der Waals surface area contributed by atoms with Gasteiger partial charge in [-0.15, -0.1) is 0 Å². The second-order valence-electron chi connectivity index (χ2n) is 4.96. The largest absolute Gasteiger partial charge is 0.497 e. The third-order valence-corrected chi connectivity index (χ3v) is 3.62. The summed E-state index contributed by atoms with van der Waals surface area (Å²) in [5.41, 5.74) is 1.14. The molecule has 0 aliphatic carbocycles. The Bertz CT molecular complexity index is 864. The molecule has 0 unspecified atom stereocenters. The van der Waals surface area contributed by atoms with Gasteiger partial charge in [-0.05, 0) is 46.7 Å². The minimum atomic E-state index is -0.412. The molecule has 3 aromatic rings. The lowest BCUT2D eigenvalue weighted by Crippen LogP contribution is -2.20. The Hall–Kier alpha value is -3.06. The van der Waals surface area contributed by atoms with Crippen molar-refractivity contribution in [2.45, 2.75) is 0 Å². The molecule has 0 aliphatic rings. The van der Waals surface area contributed by atoms with Gasteiger partial charge in [0.1, 0.15) is 11.5 Å². The second kappa shape index (κ2) is 7.67. The Morgan fingerprint density at radius 1 is 1.16 bits per heavy atom. The van der Waals surface area contributed by atoms with Gasteiger partial charge in [0.25, 0.3) is 5.91 Å². The highest BCUT2D eigenvalue weighted by Gasteiger charge is 2.16. The molecule has 128 valence electrons. The zero-order valence-electron chi connectivity index (χ0n) is 13.2. The highest BCUT2D eigenvalue weighted by Crippen LogP contribution is 2.26. The first-order valence-corrected chi connectivity index (χ1v) is 7.69. The first kappa shape index (κ1) is 16.8. The number of methoxy groups -OCH3 is 1. The van der Waals surface area contributed by atoms with Gasteiger partial charge in [0.15, 0.2) is 12.3 Å². The molecule has 25 heavy (non-hydrogen) atoms. The highest BCUT2D eigenvalue weighted by atomic mass is 35.5. The van der Waals surface area contributed by atoms with E-state index in [0.717, 1.165) is 5.56 Å². The number of carbonyl (C=O) groups is 1. The van der Waals surface area contributed by atoms with E-state index in [-0.39, 0.29) is 12.4 Å². The number of hydrogen-bond acceptors (Lipinski definition) is 6. The number of hydrogen-bond donors (Lipinski definition) is 1. The Kier molecular flexibility index (Phi) is 5.15. The normalized spacial score (nSPS) is 10.3. The monoisotopic (exact) mass is 359 g/mol. The van der Waals surface area contributed by atoms with E-state index in [4.69, 9.17) is 25.7 Å². The average Bonchev–Trinajstić information content (AvgIpc) is 3.09. The van der Waals surface area contributed by atoms with E-state index in [1.54, 1.807) is 55.6 Å². The van der Waals surface area contributed by atoms with E-state index in [1.807, 2.05) is 0 Å². The van der Waals surface area contributed by atoms with Crippen molar-refractivity contribution in [3.05, 3.63) is 53.6 Å². The van der Waals surface area contributed by atoms with Crippen LogP contribution in [0.1, 0.15) is 0 Å². The summed E-state index contributed by atoms with van der Waals surface area (Å²) < 4.78 is 15.2. The zero-order valence-corrected chi connectivity index (χ0v) is 14.0. The molecule has 0 aliphatic heterocycles. The molecule has 0 saturated heterocycles. The van der Waals surface area contributed by atoms with Gasteiger partial charge in [0.05, 0.1) is 12.1 Å². The van der Waals surface area contributed by atoms with Gasteiger partial charge in [-0.2, -0.15) is 0 Å². The van der Waals surface area contributed by atoms with Crippen LogP contribution in [0.2, 0.25) is 5.02 Å². The lowest BCUT2D eigenvalue weighted by Gasteiger charge is -2.07. The van der Waals surface area contributed by atoms with Gasteiger partial charge in [0, 0.05) is 5.56 Å². The van der Waals surface area contributed by atoms with E-state index in [0.29, 0.717) is 22.2 Å². The third-order valence-electron chi connectivity index (χ3n) is 3.31. The van der Waals surface area contributed by atoms with E-state index < -0.39 is 5.91 Å². The molecule has 0 spiro atoms. The number of benzene rings is 2. The van der Waals surface area contributed by atoms with E-state index in [1.165, 1.54) is 0 Å². The Morgan fingerprint density at radius 3 is 2.64 bits per heavy atom. The Labute approximate surface area is 148 Å². The van der Waals surface area contributed by atoms with E-state index in [2.05, 4.69) is 15.6 Å². The number of rotatable bonds is 6. The molecule has 1 amide bonds. The van der Waals surface area contributed by atoms with Crippen LogP contribution < -0.4 is 14.8 Å². The van der Waals surface area contributed by atoms with Crippen LogP contribution in [0.25, 0.3) is 11.3 Å². The molecule has 0 saturated carbocycles. The van der Waals surface area contributed by atoms with Gasteiger partial charge in [-0.3, -0.25) is 4.79 Å². The van der Waals surface area contributed by atoms with Gasteiger partial charge >= 0.3 is 0 Å². The fourth-order valence-electron chi connectivity index (χ4n) is 2.08. The van der Waals surface area contributed by atoms with Gasteiger partial charge in [-0.25, -0.2) is 4.63 Å². The van der Waals surface area contributed by atoms with Crippen molar-refractivity contribution in [3.8, 4) is 22.8 Å². The third kappa shape index (κ3) is 4.07. The molecular formula is C17H14ClN3O4. The van der Waals surface area contributed by atoms with Crippen LogP contribution in [-0.4, -0.2) is 29.9 Å². The summed E-state index contributed by atoms with van der Waals surface area (Å²) in [7, 11) is 1.58. The fraction of sp³-hybridized carbons (Fsp3) is 0.118. The molecule has 8 heteroatoms. The van der Waals surface area contributed by atoms with Gasteiger partial charge in [0.2, 0.25) is 5.82 Å². The standard InChI is InChI=1S/C17H14ClN3O4/c1-23-12-8-6-11(7-9-12)16-17(21-25-20-16)19-15(22)10-24-14-5-3-2-4-13(14)18/h2-9H,10H2,1H3,(H,19,21,22). The average molecular weight is 360 g/mol. The minimum absolute atomic E-state index is 0.206. The molecule has 1 aromatic heterocycles. The second-order valence-corrected chi connectivity index (χ2v) is 5.36. The molecule has 1 heterocycles. The number of ether oxygens (including phenoxy) is 2. The van der Waals surface area contributed by atoms with Crippen LogP contribution in [0, 0.1) is 0 Å². The van der Waals surface area contributed by atoms with Crippen molar-refractivity contribution >= 4 is 23.3 Å². The number of aromatic nitrogens is 2. The summed E-state index contributed by atoms with van der Waals surface area (Å²) in [6.45, 7) is -0.224. The fourth-order valence-corrected chi connectivity index (χ4v) is 2.27. The Balaban J connectivity index is 1.66. The number of nitrogens with zero attached hydrogens (tertiary/aromatic N) is 2. The minimum Gasteiger partial charge on any atom is -0.497 e. The van der Waals surface area contributed by atoms with Crippen molar-refractivity contribution < 1.29 is 18.9 Å². The number of anilines is 1. The van der Waals surface area contributed by atoms with Crippen molar-refractivity contribution in [1.82, 2.24) is 10.3 Å². The summed E-state index contributed by atoms with van der Waals surface area (Å²) in [5, 5.41) is 10.6. The van der Waals surface area contributed by atoms with Crippen molar-refractivity contribution in [3.63, 3.8) is 0 Å². The molecule has 0 radical (unpaired) electrons. The summed E-state index contributed by atoms with van der Waals surface area (Å²) in [4.78, 5) is 12.1. The molecule has 0 bridgehead atoms. The molecule has 0 atom stereocenters. The quantitative estimate of drug-likeness (QED) is 0.725. The number of carbonyl (C=O) groups excluding carboxylic acids is 1. The zero-order chi connectivity index (χ0) is 17.6. The molecular weight excluding hydrogens is 346 g/mol. The highest BCUT2D eigenvalue weighted by molar-refractivity contribution is 6.32. The van der Waals surface area contributed by atoms with Crippen molar-refractivity contribution in [2.24, 2.45) is 0 Å². The lowest BCUT2D eigenvalue weighted by atomic mass is 10.1. The molecule has 0 fully saturated rings. The van der Waals surface area contributed by atoms with Gasteiger partial charge in [-0.1, -0.05) is 23.7 Å². The number of nitrogens with one attached hydrogen (secondary N) is 1. The molecule has 7 nitrogen and oxygen atoms in total. The summed E-state index contributed by atoms with van der Waals surface area (Å²) in [6.07, 6.45) is 0. The first-order chi connectivity index (χ1) is 12.2.